The van der Waals surface area contributed by atoms with Crippen LogP contribution in [0, 0.1) is 11.3 Å². The van der Waals surface area contributed by atoms with Gasteiger partial charge in [0.15, 0.2) is 0 Å². The van der Waals surface area contributed by atoms with Gasteiger partial charge < -0.3 is 20.6 Å². The Morgan fingerprint density at radius 2 is 1.75 bits per heavy atom. The number of fused-ring (bicyclic) bond motifs is 1. The Balaban J connectivity index is 0.989. The molecule has 7 rings (SSSR count). The first-order valence-electron chi connectivity index (χ1n) is 16.5. The van der Waals surface area contributed by atoms with Crippen molar-refractivity contribution in [3.8, 4) is 0 Å². The minimum absolute atomic E-state index is 0.487. The SMILES string of the molecule is CC(C)C1N(Cc2ccc3c(NCC4(O)CCCN(c5cc(NCc6ccccc6)ncn5)C4)cccc3c2)CC12CCC2. The third-order valence-electron chi connectivity index (χ3n) is 10.3. The second kappa shape index (κ2) is 12.0. The minimum atomic E-state index is -0.857. The Morgan fingerprint density at radius 3 is 2.55 bits per heavy atom. The van der Waals surface area contributed by atoms with Crippen LogP contribution in [0.3, 0.4) is 0 Å². The Morgan fingerprint density at radius 1 is 0.886 bits per heavy atom. The fourth-order valence-electron chi connectivity index (χ4n) is 8.18. The van der Waals surface area contributed by atoms with E-state index >= 15 is 0 Å². The summed E-state index contributed by atoms with van der Waals surface area (Å²) in [6.45, 7) is 9.65. The van der Waals surface area contributed by atoms with Crippen LogP contribution in [0.1, 0.15) is 57.1 Å². The number of rotatable bonds is 10. The van der Waals surface area contributed by atoms with Gasteiger partial charge in [-0.25, -0.2) is 9.97 Å². The third kappa shape index (κ3) is 5.87. The molecule has 7 nitrogen and oxygen atoms in total. The molecule has 2 saturated heterocycles. The number of piperidine rings is 1. The second-order valence-electron chi connectivity index (χ2n) is 13.9. The van der Waals surface area contributed by atoms with Crippen molar-refractivity contribution in [1.29, 1.82) is 0 Å². The molecular weight excluding hydrogens is 544 g/mol. The van der Waals surface area contributed by atoms with Gasteiger partial charge in [0.2, 0.25) is 0 Å². The summed E-state index contributed by atoms with van der Waals surface area (Å²) in [6, 6.07) is 26.4. The molecule has 0 amide bonds. The van der Waals surface area contributed by atoms with Gasteiger partial charge in [0, 0.05) is 62.5 Å². The molecule has 1 aromatic heterocycles. The predicted molar refractivity (Wildman–Crippen MR) is 180 cm³/mol. The van der Waals surface area contributed by atoms with Gasteiger partial charge in [0.25, 0.3) is 0 Å². The van der Waals surface area contributed by atoms with E-state index in [9.17, 15) is 5.11 Å². The minimum Gasteiger partial charge on any atom is -0.386 e. The van der Waals surface area contributed by atoms with Crippen molar-refractivity contribution in [2.45, 2.75) is 70.7 Å². The lowest BCUT2D eigenvalue weighted by atomic mass is 9.55. The monoisotopic (exact) mass is 590 g/mol. The number of benzene rings is 3. The van der Waals surface area contributed by atoms with Gasteiger partial charge in [-0.15, -0.1) is 0 Å². The zero-order valence-corrected chi connectivity index (χ0v) is 26.2. The smallest absolute Gasteiger partial charge is 0.134 e. The lowest BCUT2D eigenvalue weighted by molar-refractivity contribution is -0.149. The lowest BCUT2D eigenvalue weighted by Crippen LogP contribution is -2.68. The molecule has 3 heterocycles. The zero-order valence-electron chi connectivity index (χ0n) is 26.2. The summed E-state index contributed by atoms with van der Waals surface area (Å²) >= 11 is 0. The normalized spacial score (nSPS) is 23.0. The van der Waals surface area contributed by atoms with Crippen molar-refractivity contribution in [1.82, 2.24) is 14.9 Å². The Hall–Kier alpha value is -3.68. The number of likely N-dealkylation sites (tertiary alicyclic amines) is 1. The molecule has 3 N–H and O–H groups in total. The molecule has 0 radical (unpaired) electrons. The quantitative estimate of drug-likeness (QED) is 0.190. The highest BCUT2D eigenvalue weighted by Crippen LogP contribution is 2.55. The largest absolute Gasteiger partial charge is 0.386 e. The number of aliphatic hydroxyl groups is 1. The molecule has 0 bridgehead atoms. The predicted octanol–water partition coefficient (Wildman–Crippen LogP) is 6.70. The molecule has 1 aliphatic carbocycles. The maximum atomic E-state index is 11.7. The average Bonchev–Trinajstić information content (AvgIpc) is 3.00. The maximum absolute atomic E-state index is 11.7. The molecule has 230 valence electrons. The Kier molecular flexibility index (Phi) is 7.93. The highest BCUT2D eigenvalue weighted by Gasteiger charge is 2.56. The van der Waals surface area contributed by atoms with Crippen LogP contribution in [-0.4, -0.2) is 57.8 Å². The van der Waals surface area contributed by atoms with Gasteiger partial charge in [-0.3, -0.25) is 4.90 Å². The highest BCUT2D eigenvalue weighted by atomic mass is 16.3. The molecule has 4 aromatic rings. The summed E-state index contributed by atoms with van der Waals surface area (Å²) in [4.78, 5) is 13.9. The lowest BCUT2D eigenvalue weighted by Gasteiger charge is -2.64. The number of β-amino-alcohol motifs (C(OH)–C–C–N with tert-alkyl or cyclic N) is 1. The fourth-order valence-corrected chi connectivity index (χ4v) is 8.18. The van der Waals surface area contributed by atoms with E-state index in [1.54, 1.807) is 6.33 Å². The van der Waals surface area contributed by atoms with E-state index in [-0.39, 0.29) is 0 Å². The summed E-state index contributed by atoms with van der Waals surface area (Å²) < 4.78 is 0. The van der Waals surface area contributed by atoms with Crippen molar-refractivity contribution < 1.29 is 5.11 Å². The van der Waals surface area contributed by atoms with Crippen LogP contribution in [0.15, 0.2) is 79.1 Å². The third-order valence-corrected chi connectivity index (χ3v) is 10.3. The van der Waals surface area contributed by atoms with E-state index in [1.165, 1.54) is 47.7 Å². The van der Waals surface area contributed by atoms with Crippen LogP contribution in [0.5, 0.6) is 0 Å². The van der Waals surface area contributed by atoms with E-state index < -0.39 is 5.60 Å². The van der Waals surface area contributed by atoms with E-state index in [4.69, 9.17) is 0 Å². The fraction of sp³-hybridized carbons (Fsp3) is 0.459. The number of aromatic nitrogens is 2. The van der Waals surface area contributed by atoms with Gasteiger partial charge in [-0.1, -0.05) is 74.9 Å². The highest BCUT2D eigenvalue weighted by molar-refractivity contribution is 5.94. The summed E-state index contributed by atoms with van der Waals surface area (Å²) in [5.41, 5.74) is 3.41. The van der Waals surface area contributed by atoms with Crippen molar-refractivity contribution >= 4 is 28.1 Å². The van der Waals surface area contributed by atoms with Gasteiger partial charge in [0.05, 0.1) is 5.60 Å². The van der Waals surface area contributed by atoms with Crippen LogP contribution in [0.2, 0.25) is 0 Å². The van der Waals surface area contributed by atoms with Crippen LogP contribution >= 0.6 is 0 Å². The maximum Gasteiger partial charge on any atom is 0.134 e. The molecule has 2 unspecified atom stereocenters. The standard InChI is InChI=1S/C37H46N6O/c1-27(2)35-36(15-7-16-36)24-43(35)22-29-13-14-31-30(19-29)11-6-12-32(31)39-23-37(44)17-8-18-42(25-37)34-20-33(40-26-41-34)38-21-28-9-4-3-5-10-28/h3-6,9-14,19-20,26-27,35,39,44H,7-8,15-18,21-25H2,1-2H3,(H,38,40,41). The molecule has 3 fully saturated rings. The number of anilines is 3. The molecule has 3 aliphatic rings. The van der Waals surface area contributed by atoms with Crippen molar-refractivity contribution in [2.75, 3.05) is 41.7 Å². The zero-order chi connectivity index (χ0) is 30.1. The van der Waals surface area contributed by atoms with Gasteiger partial charge in [-0.05, 0) is 65.7 Å². The average molecular weight is 591 g/mol. The topological polar surface area (TPSA) is 76.6 Å². The molecule has 2 atom stereocenters. The molecule has 3 aromatic carbocycles. The van der Waals surface area contributed by atoms with E-state index in [2.05, 4.69) is 92.8 Å². The van der Waals surface area contributed by atoms with Gasteiger partial charge >= 0.3 is 0 Å². The summed E-state index contributed by atoms with van der Waals surface area (Å²) in [5.74, 6) is 2.34. The second-order valence-corrected chi connectivity index (χ2v) is 13.9. The number of hydrogen-bond acceptors (Lipinski definition) is 7. The van der Waals surface area contributed by atoms with Crippen LogP contribution < -0.4 is 15.5 Å². The van der Waals surface area contributed by atoms with Crippen LogP contribution in [0.4, 0.5) is 17.3 Å². The summed E-state index contributed by atoms with van der Waals surface area (Å²) in [5, 5.41) is 21.2. The molecule has 2 aliphatic heterocycles. The number of hydrogen-bond donors (Lipinski definition) is 3. The van der Waals surface area contributed by atoms with Gasteiger partial charge in [0.1, 0.15) is 18.0 Å². The molecule has 44 heavy (non-hydrogen) atoms. The summed E-state index contributed by atoms with van der Waals surface area (Å²) in [6.07, 6.45) is 7.50. The molecule has 1 spiro atoms. The number of nitrogens with zero attached hydrogens (tertiary/aromatic N) is 4. The van der Waals surface area contributed by atoms with Crippen molar-refractivity contribution in [3.05, 3.63) is 90.3 Å². The van der Waals surface area contributed by atoms with E-state index in [1.807, 2.05) is 24.3 Å². The molecule has 1 saturated carbocycles. The van der Waals surface area contributed by atoms with E-state index in [0.29, 0.717) is 31.0 Å². The number of nitrogens with one attached hydrogen (secondary N) is 2. The first-order valence-corrected chi connectivity index (χ1v) is 16.5. The first kappa shape index (κ1) is 29.1. The first-order chi connectivity index (χ1) is 21.4. The van der Waals surface area contributed by atoms with Crippen molar-refractivity contribution in [2.24, 2.45) is 11.3 Å². The molecule has 7 heteroatoms. The van der Waals surface area contributed by atoms with Crippen LogP contribution in [-0.2, 0) is 13.1 Å². The van der Waals surface area contributed by atoms with Crippen molar-refractivity contribution in [3.63, 3.8) is 0 Å². The molecular formula is C37H46N6O. The summed E-state index contributed by atoms with van der Waals surface area (Å²) in [7, 11) is 0. The Bertz CT molecular complexity index is 1590. The van der Waals surface area contributed by atoms with Crippen LogP contribution in [0.25, 0.3) is 10.8 Å². The Labute approximate surface area is 261 Å². The van der Waals surface area contributed by atoms with E-state index in [0.717, 1.165) is 49.3 Å². The van der Waals surface area contributed by atoms with Gasteiger partial charge in [-0.2, -0.15) is 0 Å².